The predicted octanol–water partition coefficient (Wildman–Crippen LogP) is 0.915. The van der Waals surface area contributed by atoms with E-state index in [1.54, 1.807) is 12.1 Å². The van der Waals surface area contributed by atoms with Crippen molar-refractivity contribution in [1.29, 1.82) is 0 Å². The van der Waals surface area contributed by atoms with Gasteiger partial charge in [-0.2, -0.15) is 0 Å². The molecule has 0 aromatic heterocycles. The fourth-order valence-corrected chi connectivity index (χ4v) is 1.39. The molecule has 1 amide bonds. The van der Waals surface area contributed by atoms with E-state index in [1.807, 2.05) is 19.0 Å². The number of amides is 1. The number of anilines is 1. The van der Waals surface area contributed by atoms with Crippen LogP contribution in [-0.2, 0) is 4.79 Å². The van der Waals surface area contributed by atoms with Crippen LogP contribution in [-0.4, -0.2) is 44.5 Å². The molecular weight excluding hydrogens is 221 g/mol. The summed E-state index contributed by atoms with van der Waals surface area (Å²) in [4.78, 5) is 13.5. The van der Waals surface area contributed by atoms with E-state index in [2.05, 4.69) is 10.6 Å². The summed E-state index contributed by atoms with van der Waals surface area (Å²) < 4.78 is 12.9. The number of hydrogen-bond donors (Lipinski definition) is 2. The summed E-state index contributed by atoms with van der Waals surface area (Å²) in [5.41, 5.74) is 0.483. The standard InChI is InChI=1S/C12H18FN3O/c1-14-6-7-16(2)9-12(17)15-11-5-3-4-10(13)8-11/h3-5,8,14H,6-7,9H2,1-2H3,(H,15,17). The first-order valence-electron chi connectivity index (χ1n) is 5.50. The second-order valence-electron chi connectivity index (χ2n) is 3.90. The Morgan fingerprint density at radius 3 is 2.88 bits per heavy atom. The van der Waals surface area contributed by atoms with Crippen molar-refractivity contribution in [3.05, 3.63) is 30.1 Å². The van der Waals surface area contributed by atoms with Gasteiger partial charge in [0.25, 0.3) is 0 Å². The van der Waals surface area contributed by atoms with Crippen LogP contribution >= 0.6 is 0 Å². The number of halogens is 1. The van der Waals surface area contributed by atoms with E-state index in [4.69, 9.17) is 0 Å². The van der Waals surface area contributed by atoms with Gasteiger partial charge in [-0.1, -0.05) is 6.07 Å². The molecule has 0 atom stereocenters. The Balaban J connectivity index is 2.39. The molecular formula is C12H18FN3O. The summed E-state index contributed by atoms with van der Waals surface area (Å²) >= 11 is 0. The summed E-state index contributed by atoms with van der Waals surface area (Å²) in [7, 11) is 3.73. The number of likely N-dealkylation sites (N-methyl/N-ethyl adjacent to an activating group) is 2. The SMILES string of the molecule is CNCCN(C)CC(=O)Nc1cccc(F)c1. The molecule has 1 rings (SSSR count). The lowest BCUT2D eigenvalue weighted by molar-refractivity contribution is -0.117. The van der Waals surface area contributed by atoms with Crippen LogP contribution in [0.25, 0.3) is 0 Å². The van der Waals surface area contributed by atoms with Crippen molar-refractivity contribution in [2.45, 2.75) is 0 Å². The van der Waals surface area contributed by atoms with Crippen LogP contribution in [0.5, 0.6) is 0 Å². The second-order valence-corrected chi connectivity index (χ2v) is 3.90. The summed E-state index contributed by atoms with van der Waals surface area (Å²) in [5.74, 6) is -0.499. The van der Waals surface area contributed by atoms with Crippen LogP contribution in [0.2, 0.25) is 0 Å². The Morgan fingerprint density at radius 2 is 2.24 bits per heavy atom. The van der Waals surface area contributed by atoms with Crippen molar-refractivity contribution in [3.63, 3.8) is 0 Å². The Hall–Kier alpha value is -1.46. The third-order valence-electron chi connectivity index (χ3n) is 2.27. The van der Waals surface area contributed by atoms with Crippen molar-refractivity contribution < 1.29 is 9.18 Å². The van der Waals surface area contributed by atoms with Gasteiger partial charge in [-0.15, -0.1) is 0 Å². The van der Waals surface area contributed by atoms with Gasteiger partial charge in [0.2, 0.25) is 5.91 Å². The van der Waals surface area contributed by atoms with E-state index in [1.165, 1.54) is 12.1 Å². The first kappa shape index (κ1) is 13.6. The zero-order valence-corrected chi connectivity index (χ0v) is 10.2. The van der Waals surface area contributed by atoms with Gasteiger partial charge in [-0.3, -0.25) is 9.69 Å². The fourth-order valence-electron chi connectivity index (χ4n) is 1.39. The molecule has 17 heavy (non-hydrogen) atoms. The molecule has 2 N–H and O–H groups in total. The van der Waals surface area contributed by atoms with Crippen LogP contribution in [0.1, 0.15) is 0 Å². The van der Waals surface area contributed by atoms with E-state index in [0.717, 1.165) is 13.1 Å². The van der Waals surface area contributed by atoms with Crippen molar-refractivity contribution >= 4 is 11.6 Å². The quantitative estimate of drug-likeness (QED) is 0.775. The largest absolute Gasteiger partial charge is 0.325 e. The number of benzene rings is 1. The number of nitrogens with zero attached hydrogens (tertiary/aromatic N) is 1. The zero-order valence-electron chi connectivity index (χ0n) is 10.2. The Morgan fingerprint density at radius 1 is 1.47 bits per heavy atom. The molecule has 5 heteroatoms. The molecule has 0 saturated heterocycles. The normalized spacial score (nSPS) is 10.6. The van der Waals surface area contributed by atoms with Gasteiger partial charge in [0, 0.05) is 18.8 Å². The number of carbonyl (C=O) groups excluding carboxylic acids is 1. The molecule has 1 aromatic rings. The maximum absolute atomic E-state index is 12.9. The minimum Gasteiger partial charge on any atom is -0.325 e. The average Bonchev–Trinajstić information content (AvgIpc) is 2.26. The molecule has 0 saturated carbocycles. The molecule has 94 valence electrons. The van der Waals surface area contributed by atoms with E-state index in [0.29, 0.717) is 5.69 Å². The molecule has 0 spiro atoms. The first-order chi connectivity index (χ1) is 8.11. The number of carbonyl (C=O) groups is 1. The van der Waals surface area contributed by atoms with Gasteiger partial charge in [0.05, 0.1) is 6.54 Å². The van der Waals surface area contributed by atoms with Crippen molar-refractivity contribution in [2.24, 2.45) is 0 Å². The van der Waals surface area contributed by atoms with Crippen LogP contribution in [0.4, 0.5) is 10.1 Å². The maximum Gasteiger partial charge on any atom is 0.238 e. The number of nitrogens with one attached hydrogen (secondary N) is 2. The van der Waals surface area contributed by atoms with Gasteiger partial charge >= 0.3 is 0 Å². The van der Waals surface area contributed by atoms with E-state index in [9.17, 15) is 9.18 Å². The van der Waals surface area contributed by atoms with Crippen molar-refractivity contribution in [3.8, 4) is 0 Å². The monoisotopic (exact) mass is 239 g/mol. The van der Waals surface area contributed by atoms with E-state index in [-0.39, 0.29) is 18.3 Å². The molecule has 0 aliphatic heterocycles. The summed E-state index contributed by atoms with van der Waals surface area (Å²) in [5, 5.41) is 5.66. The minimum atomic E-state index is -0.355. The van der Waals surface area contributed by atoms with Gasteiger partial charge in [-0.25, -0.2) is 4.39 Å². The number of hydrogen-bond acceptors (Lipinski definition) is 3. The van der Waals surface area contributed by atoms with Gasteiger partial charge in [-0.05, 0) is 32.3 Å². The second kappa shape index (κ2) is 6.98. The molecule has 0 heterocycles. The van der Waals surface area contributed by atoms with E-state index < -0.39 is 0 Å². The zero-order chi connectivity index (χ0) is 12.7. The highest BCUT2D eigenvalue weighted by Crippen LogP contribution is 2.08. The molecule has 0 bridgehead atoms. The summed E-state index contributed by atoms with van der Waals surface area (Å²) in [6.45, 7) is 1.90. The topological polar surface area (TPSA) is 44.4 Å². The molecule has 0 fully saturated rings. The molecule has 0 aliphatic carbocycles. The summed E-state index contributed by atoms with van der Waals surface area (Å²) in [6, 6.07) is 5.87. The smallest absolute Gasteiger partial charge is 0.238 e. The van der Waals surface area contributed by atoms with Crippen LogP contribution in [0.15, 0.2) is 24.3 Å². The lowest BCUT2D eigenvalue weighted by Gasteiger charge is -2.15. The maximum atomic E-state index is 12.9. The highest BCUT2D eigenvalue weighted by molar-refractivity contribution is 5.92. The summed E-state index contributed by atoms with van der Waals surface area (Å²) in [6.07, 6.45) is 0. The van der Waals surface area contributed by atoms with Crippen molar-refractivity contribution in [2.75, 3.05) is 39.0 Å². The highest BCUT2D eigenvalue weighted by Gasteiger charge is 2.06. The predicted molar refractivity (Wildman–Crippen MR) is 66.5 cm³/mol. The Kier molecular flexibility index (Phi) is 5.59. The third-order valence-corrected chi connectivity index (χ3v) is 2.27. The Labute approximate surface area is 101 Å². The van der Waals surface area contributed by atoms with Crippen molar-refractivity contribution in [1.82, 2.24) is 10.2 Å². The highest BCUT2D eigenvalue weighted by atomic mass is 19.1. The lowest BCUT2D eigenvalue weighted by Crippen LogP contribution is -2.34. The lowest BCUT2D eigenvalue weighted by atomic mass is 10.3. The average molecular weight is 239 g/mol. The van der Waals surface area contributed by atoms with Crippen LogP contribution < -0.4 is 10.6 Å². The molecule has 1 aromatic carbocycles. The number of rotatable bonds is 6. The third kappa shape index (κ3) is 5.42. The first-order valence-corrected chi connectivity index (χ1v) is 5.50. The van der Waals surface area contributed by atoms with Gasteiger partial charge in [0.1, 0.15) is 5.82 Å². The van der Waals surface area contributed by atoms with E-state index >= 15 is 0 Å². The van der Waals surface area contributed by atoms with Gasteiger partial charge < -0.3 is 10.6 Å². The minimum absolute atomic E-state index is 0.144. The Bertz CT molecular complexity index is 371. The molecule has 4 nitrogen and oxygen atoms in total. The molecule has 0 aliphatic rings. The molecule has 0 radical (unpaired) electrons. The van der Waals surface area contributed by atoms with Crippen LogP contribution in [0.3, 0.4) is 0 Å². The molecule has 0 unspecified atom stereocenters. The van der Waals surface area contributed by atoms with Gasteiger partial charge in [0.15, 0.2) is 0 Å². The van der Waals surface area contributed by atoms with Crippen LogP contribution in [0, 0.1) is 5.82 Å². The fraction of sp³-hybridized carbons (Fsp3) is 0.417.